The van der Waals surface area contributed by atoms with E-state index >= 15 is 0 Å². The van der Waals surface area contributed by atoms with Crippen LogP contribution >= 0.6 is 0 Å². The minimum atomic E-state index is -0.376. The molecule has 1 aliphatic rings. The Morgan fingerprint density at radius 1 is 1.48 bits per heavy atom. The number of carbonyl (C=O) groups excluding carboxylic acids is 1. The number of aromatic hydroxyl groups is 1. The number of pyridine rings is 1. The molecule has 1 unspecified atom stereocenters. The molecule has 3 heterocycles. The monoisotopic (exact) mass is 290 g/mol. The van der Waals surface area contributed by atoms with Crippen LogP contribution in [-0.2, 0) is 11.3 Å². The van der Waals surface area contributed by atoms with Crippen molar-refractivity contribution in [2.45, 2.75) is 25.5 Å². The van der Waals surface area contributed by atoms with Crippen molar-refractivity contribution in [3.05, 3.63) is 35.7 Å². The van der Waals surface area contributed by atoms with Crippen LogP contribution in [0.2, 0.25) is 0 Å². The van der Waals surface area contributed by atoms with Gasteiger partial charge in [0.2, 0.25) is 0 Å². The van der Waals surface area contributed by atoms with E-state index in [-0.39, 0.29) is 30.0 Å². The lowest BCUT2D eigenvalue weighted by atomic mass is 10.2. The zero-order chi connectivity index (χ0) is 14.7. The Bertz CT molecular complexity index is 619. The number of aromatic nitrogens is 3. The molecule has 21 heavy (non-hydrogen) atoms. The maximum Gasteiger partial charge on any atom is 0.270 e. The van der Waals surface area contributed by atoms with E-state index in [2.05, 4.69) is 20.4 Å². The van der Waals surface area contributed by atoms with Crippen LogP contribution in [0.1, 0.15) is 41.1 Å². The zero-order valence-electron chi connectivity index (χ0n) is 11.2. The molecular formula is C13H14N4O4. The summed E-state index contributed by atoms with van der Waals surface area (Å²) in [5, 5.41) is 15.5. The lowest BCUT2D eigenvalue weighted by molar-refractivity contribution is 0.0835. The Hall–Kier alpha value is -2.48. The van der Waals surface area contributed by atoms with Crippen molar-refractivity contribution in [3.63, 3.8) is 0 Å². The molecule has 1 fully saturated rings. The Balaban J connectivity index is 1.57. The fourth-order valence-corrected chi connectivity index (χ4v) is 2.01. The minimum Gasteiger partial charge on any atom is -0.506 e. The standard InChI is InChI=1S/C13H14N4O4/c18-8-3-4-9(14-6-8)12(19)15-7-11-16-13(21-17-11)10-2-1-5-20-10/h3-4,6,10,18H,1-2,5,7H2,(H,15,19). The van der Waals surface area contributed by atoms with E-state index in [1.165, 1.54) is 18.3 Å². The van der Waals surface area contributed by atoms with Crippen molar-refractivity contribution in [3.8, 4) is 5.75 Å². The van der Waals surface area contributed by atoms with E-state index in [1.807, 2.05) is 0 Å². The van der Waals surface area contributed by atoms with E-state index in [9.17, 15) is 4.79 Å². The smallest absolute Gasteiger partial charge is 0.270 e. The second kappa shape index (κ2) is 5.88. The van der Waals surface area contributed by atoms with Crippen molar-refractivity contribution in [2.24, 2.45) is 0 Å². The van der Waals surface area contributed by atoms with Crippen LogP contribution in [0, 0.1) is 0 Å². The second-order valence-electron chi connectivity index (χ2n) is 4.63. The average molecular weight is 290 g/mol. The number of carbonyl (C=O) groups is 1. The van der Waals surface area contributed by atoms with E-state index in [0.717, 1.165) is 12.8 Å². The highest BCUT2D eigenvalue weighted by Gasteiger charge is 2.23. The molecule has 3 rings (SSSR count). The van der Waals surface area contributed by atoms with Gasteiger partial charge in [0.25, 0.3) is 11.8 Å². The van der Waals surface area contributed by atoms with Crippen molar-refractivity contribution in [1.29, 1.82) is 0 Å². The normalized spacial score (nSPS) is 17.8. The molecule has 2 aromatic heterocycles. The Kier molecular flexibility index (Phi) is 3.78. The third kappa shape index (κ3) is 3.16. The summed E-state index contributed by atoms with van der Waals surface area (Å²) < 4.78 is 10.6. The van der Waals surface area contributed by atoms with Crippen LogP contribution in [0.5, 0.6) is 5.75 Å². The molecule has 1 atom stereocenters. The molecule has 1 amide bonds. The summed E-state index contributed by atoms with van der Waals surface area (Å²) in [5.74, 6) is 0.455. The Labute approximate surface area is 120 Å². The average Bonchev–Trinajstić information content (AvgIpc) is 3.16. The number of rotatable bonds is 4. The van der Waals surface area contributed by atoms with Gasteiger partial charge in [-0.15, -0.1) is 0 Å². The number of amides is 1. The van der Waals surface area contributed by atoms with Crippen molar-refractivity contribution < 1.29 is 19.2 Å². The van der Waals surface area contributed by atoms with Gasteiger partial charge in [-0.3, -0.25) is 4.79 Å². The van der Waals surface area contributed by atoms with Gasteiger partial charge in [-0.25, -0.2) is 4.98 Å². The zero-order valence-corrected chi connectivity index (χ0v) is 11.2. The van der Waals surface area contributed by atoms with E-state index < -0.39 is 0 Å². The number of nitrogens with one attached hydrogen (secondary N) is 1. The summed E-state index contributed by atoms with van der Waals surface area (Å²) in [7, 11) is 0. The Morgan fingerprint density at radius 3 is 3.10 bits per heavy atom. The molecule has 0 radical (unpaired) electrons. The van der Waals surface area contributed by atoms with Gasteiger partial charge in [0.15, 0.2) is 5.82 Å². The molecule has 0 aliphatic carbocycles. The summed E-state index contributed by atoms with van der Waals surface area (Å²) >= 11 is 0. The minimum absolute atomic E-state index is 0.00548. The summed E-state index contributed by atoms with van der Waals surface area (Å²) in [6.45, 7) is 0.837. The maximum absolute atomic E-state index is 11.8. The lowest BCUT2D eigenvalue weighted by Gasteiger charge is -2.02. The quantitative estimate of drug-likeness (QED) is 0.862. The highest BCUT2D eigenvalue weighted by atomic mass is 16.5. The van der Waals surface area contributed by atoms with E-state index in [0.29, 0.717) is 18.3 Å². The molecule has 0 aromatic carbocycles. The highest BCUT2D eigenvalue weighted by molar-refractivity contribution is 5.92. The highest BCUT2D eigenvalue weighted by Crippen LogP contribution is 2.26. The van der Waals surface area contributed by atoms with Gasteiger partial charge < -0.3 is 19.7 Å². The van der Waals surface area contributed by atoms with Gasteiger partial charge in [-0.1, -0.05) is 5.16 Å². The molecule has 0 bridgehead atoms. The molecule has 110 valence electrons. The van der Waals surface area contributed by atoms with Crippen LogP contribution < -0.4 is 5.32 Å². The fourth-order valence-electron chi connectivity index (χ4n) is 2.01. The van der Waals surface area contributed by atoms with E-state index in [4.69, 9.17) is 14.4 Å². The molecule has 2 N–H and O–H groups in total. The summed E-state index contributed by atoms with van der Waals surface area (Å²) in [6, 6.07) is 2.82. The van der Waals surface area contributed by atoms with Gasteiger partial charge in [-0.2, -0.15) is 4.98 Å². The summed E-state index contributed by atoms with van der Waals surface area (Å²) in [6.07, 6.45) is 2.91. The molecule has 1 aliphatic heterocycles. The molecule has 8 heteroatoms. The molecule has 0 spiro atoms. The van der Waals surface area contributed by atoms with Gasteiger partial charge >= 0.3 is 0 Å². The van der Waals surface area contributed by atoms with Crippen molar-refractivity contribution in [2.75, 3.05) is 6.61 Å². The second-order valence-corrected chi connectivity index (χ2v) is 4.63. The maximum atomic E-state index is 11.8. The van der Waals surface area contributed by atoms with Crippen LogP contribution in [0.3, 0.4) is 0 Å². The lowest BCUT2D eigenvalue weighted by Crippen LogP contribution is -2.24. The van der Waals surface area contributed by atoms with Crippen LogP contribution in [0.15, 0.2) is 22.9 Å². The summed E-state index contributed by atoms with van der Waals surface area (Å²) in [5.41, 5.74) is 0.204. The van der Waals surface area contributed by atoms with Crippen molar-refractivity contribution >= 4 is 5.91 Å². The molecule has 1 saturated heterocycles. The van der Waals surface area contributed by atoms with Crippen LogP contribution in [0.25, 0.3) is 0 Å². The fraction of sp³-hybridized carbons (Fsp3) is 0.385. The third-order valence-electron chi connectivity index (χ3n) is 3.08. The van der Waals surface area contributed by atoms with Gasteiger partial charge in [0, 0.05) is 6.61 Å². The number of hydrogen-bond acceptors (Lipinski definition) is 7. The number of hydrogen-bond donors (Lipinski definition) is 2. The molecular weight excluding hydrogens is 276 g/mol. The Morgan fingerprint density at radius 2 is 2.38 bits per heavy atom. The van der Waals surface area contributed by atoms with Gasteiger partial charge in [0.1, 0.15) is 17.5 Å². The SMILES string of the molecule is O=C(NCc1noc(C2CCCO2)n1)c1ccc(O)cn1. The predicted octanol–water partition coefficient (Wildman–Crippen LogP) is 0.952. The summed E-state index contributed by atoms with van der Waals surface area (Å²) in [4.78, 5) is 19.8. The van der Waals surface area contributed by atoms with Crippen LogP contribution in [0.4, 0.5) is 0 Å². The number of ether oxygens (including phenoxy) is 1. The first-order valence-corrected chi connectivity index (χ1v) is 6.59. The topological polar surface area (TPSA) is 110 Å². The first-order chi connectivity index (χ1) is 10.2. The predicted molar refractivity (Wildman–Crippen MR) is 69.3 cm³/mol. The third-order valence-corrected chi connectivity index (χ3v) is 3.08. The van der Waals surface area contributed by atoms with Crippen LogP contribution in [-0.4, -0.2) is 32.7 Å². The van der Waals surface area contributed by atoms with Gasteiger partial charge in [0.05, 0.1) is 12.7 Å². The molecule has 0 saturated carbocycles. The first kappa shape index (κ1) is 13.5. The van der Waals surface area contributed by atoms with Gasteiger partial charge in [-0.05, 0) is 25.0 Å². The van der Waals surface area contributed by atoms with E-state index in [1.54, 1.807) is 0 Å². The molecule has 2 aromatic rings. The number of nitrogens with zero attached hydrogens (tertiary/aromatic N) is 3. The molecule has 8 nitrogen and oxygen atoms in total. The first-order valence-electron chi connectivity index (χ1n) is 6.59. The largest absolute Gasteiger partial charge is 0.506 e. The van der Waals surface area contributed by atoms with Crippen molar-refractivity contribution in [1.82, 2.24) is 20.4 Å².